The van der Waals surface area contributed by atoms with Gasteiger partial charge in [0.05, 0.1) is 18.5 Å². The van der Waals surface area contributed by atoms with Crippen LogP contribution in [0.2, 0.25) is 0 Å². The average Bonchev–Trinajstić information content (AvgIpc) is 2.58. The van der Waals surface area contributed by atoms with Gasteiger partial charge < -0.3 is 10.1 Å². The molecule has 2 aromatic rings. The van der Waals surface area contributed by atoms with Crippen molar-refractivity contribution in [2.45, 2.75) is 33.1 Å². The lowest BCUT2D eigenvalue weighted by Crippen LogP contribution is -2.29. The molecule has 28 heavy (non-hydrogen) atoms. The molecule has 2 N–H and O–H groups in total. The zero-order chi connectivity index (χ0) is 20.9. The van der Waals surface area contributed by atoms with E-state index in [2.05, 4.69) is 30.8 Å². The molecule has 0 unspecified atom stereocenters. The van der Waals surface area contributed by atoms with Crippen molar-refractivity contribution in [1.82, 2.24) is 5.32 Å². The van der Waals surface area contributed by atoms with Gasteiger partial charge >= 0.3 is 0 Å². The number of anilines is 1. The van der Waals surface area contributed by atoms with Crippen LogP contribution in [0.25, 0.3) is 0 Å². The number of hydrogen-bond donors (Lipinski definition) is 2. The molecule has 0 aliphatic carbocycles. The quantitative estimate of drug-likeness (QED) is 0.692. The maximum absolute atomic E-state index is 12.5. The van der Waals surface area contributed by atoms with Crippen LogP contribution >= 0.6 is 0 Å². The number of nitrogens with one attached hydrogen (secondary N) is 2. The van der Waals surface area contributed by atoms with Gasteiger partial charge in [-0.05, 0) is 41.7 Å². The minimum absolute atomic E-state index is 0.0377. The van der Waals surface area contributed by atoms with E-state index in [4.69, 9.17) is 4.74 Å². The number of amides is 1. The van der Waals surface area contributed by atoms with Crippen LogP contribution in [0.3, 0.4) is 0 Å². The Kier molecular flexibility index (Phi) is 6.72. The van der Waals surface area contributed by atoms with Gasteiger partial charge in [-0.2, -0.15) is 0 Å². The number of carbonyl (C=O) groups is 1. The summed E-state index contributed by atoms with van der Waals surface area (Å²) in [5.41, 5.74) is 2.46. The highest BCUT2D eigenvalue weighted by atomic mass is 32.2. The number of para-hydroxylation sites is 1. The number of rotatable bonds is 7. The SMILES string of the molecule is Cc1c(NS(C)(=O)=O)cccc1C(=O)NCCOc1ccccc1C(C)(C)C. The van der Waals surface area contributed by atoms with Crippen molar-refractivity contribution >= 4 is 21.6 Å². The second kappa shape index (κ2) is 8.65. The van der Waals surface area contributed by atoms with Crippen molar-refractivity contribution in [3.63, 3.8) is 0 Å². The lowest BCUT2D eigenvalue weighted by molar-refractivity contribution is 0.0946. The van der Waals surface area contributed by atoms with Crippen molar-refractivity contribution in [2.24, 2.45) is 0 Å². The molecule has 1 amide bonds. The molecule has 6 nitrogen and oxygen atoms in total. The molecule has 0 bridgehead atoms. The lowest BCUT2D eigenvalue weighted by atomic mass is 9.86. The second-order valence-electron chi connectivity index (χ2n) is 7.70. The molecule has 0 aliphatic heterocycles. The Hall–Kier alpha value is -2.54. The molecule has 0 heterocycles. The van der Waals surface area contributed by atoms with E-state index in [-0.39, 0.29) is 11.3 Å². The van der Waals surface area contributed by atoms with Crippen LogP contribution in [0.15, 0.2) is 42.5 Å². The Bertz CT molecular complexity index is 947. The summed E-state index contributed by atoms with van der Waals surface area (Å²) in [6, 6.07) is 12.8. The smallest absolute Gasteiger partial charge is 0.251 e. The summed E-state index contributed by atoms with van der Waals surface area (Å²) in [7, 11) is -3.41. The van der Waals surface area contributed by atoms with Crippen LogP contribution in [0, 0.1) is 6.92 Å². The first-order chi connectivity index (χ1) is 13.0. The first kappa shape index (κ1) is 21.8. The second-order valence-corrected chi connectivity index (χ2v) is 9.45. The molecular weight excluding hydrogens is 376 g/mol. The fourth-order valence-corrected chi connectivity index (χ4v) is 3.45. The van der Waals surface area contributed by atoms with E-state index < -0.39 is 10.0 Å². The molecule has 7 heteroatoms. The number of carbonyl (C=O) groups excluding carboxylic acids is 1. The van der Waals surface area contributed by atoms with E-state index in [9.17, 15) is 13.2 Å². The standard InChI is InChI=1S/C21H28N2O4S/c1-15-16(9-8-11-18(15)23-28(5,25)26)20(24)22-13-14-27-19-12-7-6-10-17(19)21(2,3)4/h6-12,23H,13-14H2,1-5H3,(H,22,24). The van der Waals surface area contributed by atoms with E-state index >= 15 is 0 Å². The highest BCUT2D eigenvalue weighted by molar-refractivity contribution is 7.92. The molecule has 2 aromatic carbocycles. The van der Waals surface area contributed by atoms with Gasteiger partial charge in [0.25, 0.3) is 5.91 Å². The Labute approximate surface area is 167 Å². The predicted molar refractivity (Wildman–Crippen MR) is 113 cm³/mol. The van der Waals surface area contributed by atoms with E-state index in [1.54, 1.807) is 25.1 Å². The van der Waals surface area contributed by atoms with Crippen LogP contribution in [0.1, 0.15) is 42.3 Å². The van der Waals surface area contributed by atoms with Crippen LogP contribution in [-0.4, -0.2) is 33.7 Å². The van der Waals surface area contributed by atoms with Crippen molar-refractivity contribution < 1.29 is 17.9 Å². The van der Waals surface area contributed by atoms with E-state index in [0.29, 0.717) is 30.0 Å². The van der Waals surface area contributed by atoms with Gasteiger partial charge in [0, 0.05) is 5.56 Å². The zero-order valence-electron chi connectivity index (χ0n) is 17.0. The largest absolute Gasteiger partial charge is 0.491 e. The minimum Gasteiger partial charge on any atom is -0.491 e. The minimum atomic E-state index is -3.41. The molecule has 0 radical (unpaired) electrons. The highest BCUT2D eigenvalue weighted by Crippen LogP contribution is 2.30. The maximum atomic E-state index is 12.5. The summed E-state index contributed by atoms with van der Waals surface area (Å²) < 4.78 is 31.2. The van der Waals surface area contributed by atoms with E-state index in [0.717, 1.165) is 17.6 Å². The summed E-state index contributed by atoms with van der Waals surface area (Å²) in [5.74, 6) is 0.530. The molecule has 0 spiro atoms. The number of sulfonamides is 1. The fourth-order valence-electron chi connectivity index (χ4n) is 2.82. The highest BCUT2D eigenvalue weighted by Gasteiger charge is 2.18. The van der Waals surface area contributed by atoms with E-state index in [1.807, 2.05) is 24.3 Å². The number of benzene rings is 2. The van der Waals surface area contributed by atoms with E-state index in [1.165, 1.54) is 0 Å². The monoisotopic (exact) mass is 404 g/mol. The molecule has 0 saturated carbocycles. The third-order valence-corrected chi connectivity index (χ3v) is 4.80. The molecule has 0 atom stereocenters. The fraction of sp³-hybridized carbons (Fsp3) is 0.381. The summed E-state index contributed by atoms with van der Waals surface area (Å²) in [4.78, 5) is 12.5. The van der Waals surface area contributed by atoms with Gasteiger partial charge in [0.2, 0.25) is 10.0 Å². The molecule has 2 rings (SSSR count). The molecular formula is C21H28N2O4S. The predicted octanol–water partition coefficient (Wildman–Crippen LogP) is 3.47. The molecule has 0 aliphatic rings. The van der Waals surface area contributed by atoms with Crippen molar-refractivity contribution in [3.05, 3.63) is 59.2 Å². The van der Waals surface area contributed by atoms with Gasteiger partial charge in [0.1, 0.15) is 12.4 Å². The van der Waals surface area contributed by atoms with Gasteiger partial charge in [-0.25, -0.2) is 8.42 Å². The van der Waals surface area contributed by atoms with Crippen LogP contribution in [0.5, 0.6) is 5.75 Å². The average molecular weight is 405 g/mol. The third-order valence-electron chi connectivity index (χ3n) is 4.21. The normalized spacial score (nSPS) is 11.8. The van der Waals surface area contributed by atoms with Crippen LogP contribution in [0.4, 0.5) is 5.69 Å². The van der Waals surface area contributed by atoms with Gasteiger partial charge in [0.15, 0.2) is 0 Å². The molecule has 0 saturated heterocycles. The summed E-state index contributed by atoms with van der Waals surface area (Å²) in [5, 5.41) is 2.82. The summed E-state index contributed by atoms with van der Waals surface area (Å²) in [6.45, 7) is 8.74. The van der Waals surface area contributed by atoms with Crippen LogP contribution < -0.4 is 14.8 Å². The zero-order valence-corrected chi connectivity index (χ0v) is 17.8. The Morgan fingerprint density at radius 1 is 1.07 bits per heavy atom. The Morgan fingerprint density at radius 3 is 2.39 bits per heavy atom. The summed E-state index contributed by atoms with van der Waals surface area (Å²) in [6.07, 6.45) is 1.08. The number of ether oxygens (including phenoxy) is 1. The molecule has 0 fully saturated rings. The van der Waals surface area contributed by atoms with Gasteiger partial charge in [-0.1, -0.05) is 45.0 Å². The Balaban J connectivity index is 1.98. The first-order valence-electron chi connectivity index (χ1n) is 9.07. The van der Waals surface area contributed by atoms with Gasteiger partial charge in [-0.3, -0.25) is 9.52 Å². The van der Waals surface area contributed by atoms with Crippen molar-refractivity contribution in [3.8, 4) is 5.75 Å². The molecule has 0 aromatic heterocycles. The van der Waals surface area contributed by atoms with Crippen molar-refractivity contribution in [2.75, 3.05) is 24.1 Å². The topological polar surface area (TPSA) is 84.5 Å². The van der Waals surface area contributed by atoms with Gasteiger partial charge in [-0.15, -0.1) is 0 Å². The molecule has 152 valence electrons. The Morgan fingerprint density at radius 2 is 1.75 bits per heavy atom. The lowest BCUT2D eigenvalue weighted by Gasteiger charge is -2.22. The van der Waals surface area contributed by atoms with Crippen LogP contribution in [-0.2, 0) is 15.4 Å². The third kappa shape index (κ3) is 5.99. The maximum Gasteiger partial charge on any atom is 0.251 e. The first-order valence-corrected chi connectivity index (χ1v) is 11.0. The number of hydrogen-bond acceptors (Lipinski definition) is 4. The van der Waals surface area contributed by atoms with Crippen molar-refractivity contribution in [1.29, 1.82) is 0 Å². The summed E-state index contributed by atoms with van der Waals surface area (Å²) >= 11 is 0.